The SMILES string of the molecule is C=CCOC(=O)C(C)(C)OC(=O)c1cc(-n2c(=O)cc(C(F)(F)F)[nH]c2=O)ccc1Cl. The van der Waals surface area contributed by atoms with E-state index in [4.69, 9.17) is 21.1 Å². The van der Waals surface area contributed by atoms with E-state index < -0.39 is 40.7 Å². The molecule has 1 N–H and O–H groups in total. The number of hydrogen-bond acceptors (Lipinski definition) is 6. The van der Waals surface area contributed by atoms with Crippen LogP contribution in [0, 0.1) is 0 Å². The quantitative estimate of drug-likeness (QED) is 0.524. The highest BCUT2D eigenvalue weighted by atomic mass is 35.5. The van der Waals surface area contributed by atoms with Gasteiger partial charge in [-0.2, -0.15) is 13.2 Å². The number of benzene rings is 1. The number of nitrogens with one attached hydrogen (secondary N) is 1. The highest BCUT2D eigenvalue weighted by Gasteiger charge is 2.35. The zero-order valence-electron chi connectivity index (χ0n) is 16.2. The van der Waals surface area contributed by atoms with Gasteiger partial charge in [-0.1, -0.05) is 24.3 Å². The highest BCUT2D eigenvalue weighted by Crippen LogP contribution is 2.26. The topological polar surface area (TPSA) is 107 Å². The van der Waals surface area contributed by atoms with E-state index in [0.29, 0.717) is 4.57 Å². The average molecular weight is 461 g/mol. The van der Waals surface area contributed by atoms with Crippen molar-refractivity contribution >= 4 is 23.5 Å². The van der Waals surface area contributed by atoms with Crippen molar-refractivity contribution < 1.29 is 32.2 Å². The Hall–Kier alpha value is -3.34. The lowest BCUT2D eigenvalue weighted by Crippen LogP contribution is -2.39. The summed E-state index contributed by atoms with van der Waals surface area (Å²) in [4.78, 5) is 50.3. The highest BCUT2D eigenvalue weighted by molar-refractivity contribution is 6.33. The van der Waals surface area contributed by atoms with Crippen molar-refractivity contribution in [2.75, 3.05) is 6.61 Å². The summed E-state index contributed by atoms with van der Waals surface area (Å²) in [5.41, 5.74) is -6.49. The summed E-state index contributed by atoms with van der Waals surface area (Å²) in [5, 5.41) is -0.152. The normalized spacial score (nSPS) is 11.7. The summed E-state index contributed by atoms with van der Waals surface area (Å²) in [6.45, 7) is 5.80. The molecule has 0 saturated heterocycles. The van der Waals surface area contributed by atoms with Crippen molar-refractivity contribution in [3.8, 4) is 5.69 Å². The van der Waals surface area contributed by atoms with Gasteiger partial charge in [0, 0.05) is 6.07 Å². The molecule has 31 heavy (non-hydrogen) atoms. The van der Waals surface area contributed by atoms with E-state index in [1.807, 2.05) is 0 Å². The Balaban J connectivity index is 2.44. The molecule has 8 nitrogen and oxygen atoms in total. The van der Waals surface area contributed by atoms with Gasteiger partial charge in [0.25, 0.3) is 5.56 Å². The number of aromatic amines is 1. The first kappa shape index (κ1) is 23.9. The van der Waals surface area contributed by atoms with Crippen LogP contribution in [0.1, 0.15) is 29.9 Å². The fraction of sp³-hybridized carbons (Fsp3) is 0.263. The molecular weight excluding hydrogens is 445 g/mol. The van der Waals surface area contributed by atoms with Crippen LogP contribution in [0.2, 0.25) is 5.02 Å². The van der Waals surface area contributed by atoms with Gasteiger partial charge in [0.2, 0.25) is 5.60 Å². The van der Waals surface area contributed by atoms with Gasteiger partial charge >= 0.3 is 23.8 Å². The largest absolute Gasteiger partial charge is 0.459 e. The molecule has 0 aliphatic heterocycles. The van der Waals surface area contributed by atoms with E-state index in [9.17, 15) is 32.3 Å². The van der Waals surface area contributed by atoms with Crippen molar-refractivity contribution in [2.24, 2.45) is 0 Å². The molecule has 0 bridgehead atoms. The molecule has 1 aromatic carbocycles. The Kier molecular flexibility index (Phi) is 6.80. The molecule has 0 aliphatic carbocycles. The van der Waals surface area contributed by atoms with Gasteiger partial charge < -0.3 is 14.5 Å². The van der Waals surface area contributed by atoms with Crippen molar-refractivity contribution in [2.45, 2.75) is 25.6 Å². The van der Waals surface area contributed by atoms with Gasteiger partial charge in [-0.3, -0.25) is 4.79 Å². The molecule has 0 radical (unpaired) electrons. The van der Waals surface area contributed by atoms with Gasteiger partial charge in [0.1, 0.15) is 12.3 Å². The Labute approximate surface area is 177 Å². The number of esters is 2. The predicted molar refractivity (Wildman–Crippen MR) is 103 cm³/mol. The van der Waals surface area contributed by atoms with Gasteiger partial charge in [-0.25, -0.2) is 19.0 Å². The van der Waals surface area contributed by atoms with E-state index >= 15 is 0 Å². The van der Waals surface area contributed by atoms with Crippen molar-refractivity contribution in [1.29, 1.82) is 0 Å². The van der Waals surface area contributed by atoms with Crippen molar-refractivity contribution in [1.82, 2.24) is 9.55 Å². The summed E-state index contributed by atoms with van der Waals surface area (Å²) in [6, 6.07) is 3.46. The van der Waals surface area contributed by atoms with Crippen LogP contribution in [-0.2, 0) is 20.4 Å². The van der Waals surface area contributed by atoms with Crippen LogP contribution in [0.3, 0.4) is 0 Å². The van der Waals surface area contributed by atoms with Crippen LogP contribution in [0.15, 0.2) is 46.5 Å². The molecule has 0 atom stereocenters. The zero-order valence-corrected chi connectivity index (χ0v) is 17.0. The minimum absolute atomic E-state index is 0.115. The maximum Gasteiger partial charge on any atom is 0.431 e. The second kappa shape index (κ2) is 8.80. The number of aromatic nitrogens is 2. The molecule has 1 aromatic heterocycles. The molecule has 0 fully saturated rings. The van der Waals surface area contributed by atoms with Gasteiger partial charge in [0.05, 0.1) is 16.3 Å². The molecule has 0 aliphatic rings. The van der Waals surface area contributed by atoms with Crippen LogP contribution in [0.4, 0.5) is 13.2 Å². The molecule has 0 amide bonds. The van der Waals surface area contributed by atoms with Gasteiger partial charge in [0.15, 0.2) is 0 Å². The summed E-state index contributed by atoms with van der Waals surface area (Å²) >= 11 is 5.98. The summed E-state index contributed by atoms with van der Waals surface area (Å²) in [5.74, 6) is -1.97. The smallest absolute Gasteiger partial charge is 0.431 e. The van der Waals surface area contributed by atoms with Crippen molar-refractivity contribution in [3.05, 3.63) is 74.0 Å². The second-order valence-corrected chi connectivity index (χ2v) is 7.02. The maximum absolute atomic E-state index is 12.8. The van der Waals surface area contributed by atoms with Crippen LogP contribution >= 0.6 is 11.6 Å². The van der Waals surface area contributed by atoms with Crippen LogP contribution < -0.4 is 11.2 Å². The number of ether oxygens (including phenoxy) is 2. The number of halogens is 4. The first-order chi connectivity index (χ1) is 14.3. The number of carbonyl (C=O) groups is 2. The van der Waals surface area contributed by atoms with Gasteiger partial charge in [-0.05, 0) is 32.0 Å². The van der Waals surface area contributed by atoms with E-state index in [2.05, 4.69) is 6.58 Å². The maximum atomic E-state index is 12.8. The third-order valence-corrected chi connectivity index (χ3v) is 4.17. The molecule has 2 rings (SSSR count). The summed E-state index contributed by atoms with van der Waals surface area (Å²) in [6.07, 6.45) is -3.62. The Bertz CT molecular complexity index is 1120. The Morgan fingerprint density at radius 3 is 2.42 bits per heavy atom. The zero-order chi connectivity index (χ0) is 23.6. The summed E-state index contributed by atoms with van der Waals surface area (Å²) in [7, 11) is 0. The van der Waals surface area contributed by atoms with E-state index in [1.165, 1.54) is 19.9 Å². The van der Waals surface area contributed by atoms with Crippen LogP contribution in [0.5, 0.6) is 0 Å². The third kappa shape index (κ3) is 5.43. The summed E-state index contributed by atoms with van der Waals surface area (Å²) < 4.78 is 48.6. The number of rotatable bonds is 6. The average Bonchev–Trinajstić information content (AvgIpc) is 2.65. The lowest BCUT2D eigenvalue weighted by molar-refractivity contribution is -0.161. The molecule has 0 spiro atoms. The van der Waals surface area contributed by atoms with Crippen molar-refractivity contribution in [3.63, 3.8) is 0 Å². The second-order valence-electron chi connectivity index (χ2n) is 6.61. The Morgan fingerprint density at radius 2 is 1.87 bits per heavy atom. The molecule has 166 valence electrons. The predicted octanol–water partition coefficient (Wildman–Crippen LogP) is 2.86. The monoisotopic (exact) mass is 460 g/mol. The molecular formula is C19H16ClF3N2O6. The first-order valence-electron chi connectivity index (χ1n) is 8.53. The third-order valence-electron chi connectivity index (χ3n) is 3.84. The lowest BCUT2D eigenvalue weighted by Gasteiger charge is -2.23. The first-order valence-corrected chi connectivity index (χ1v) is 8.90. The number of hydrogen-bond donors (Lipinski definition) is 1. The molecule has 1 heterocycles. The minimum Gasteiger partial charge on any atom is -0.459 e. The van der Waals surface area contributed by atoms with Crippen LogP contribution in [-0.4, -0.2) is 33.7 Å². The van der Waals surface area contributed by atoms with Crippen LogP contribution in [0.25, 0.3) is 5.69 Å². The Morgan fingerprint density at radius 1 is 1.23 bits per heavy atom. The number of alkyl halides is 3. The molecule has 2 aromatic rings. The molecule has 0 saturated carbocycles. The fourth-order valence-corrected chi connectivity index (χ4v) is 2.53. The van der Waals surface area contributed by atoms with E-state index in [1.54, 1.807) is 4.98 Å². The number of carbonyl (C=O) groups excluding carboxylic acids is 2. The standard InChI is InChI=1S/C19H16ClF3N2O6/c1-4-7-30-16(28)18(2,3)31-15(27)11-8-10(5-6-12(11)20)25-14(26)9-13(19(21,22)23)24-17(25)29/h4-6,8-9H,1,7H2,2-3H3,(H,24,29). The number of nitrogens with zero attached hydrogens (tertiary/aromatic N) is 1. The fourth-order valence-electron chi connectivity index (χ4n) is 2.34. The van der Waals surface area contributed by atoms with Gasteiger partial charge in [-0.15, -0.1) is 0 Å². The van der Waals surface area contributed by atoms with E-state index in [-0.39, 0.29) is 28.9 Å². The molecule has 12 heteroatoms. The molecule has 0 unspecified atom stereocenters. The minimum atomic E-state index is -4.93. The lowest BCUT2D eigenvalue weighted by atomic mass is 10.1. The number of H-pyrrole nitrogens is 1. The van der Waals surface area contributed by atoms with E-state index in [0.717, 1.165) is 18.2 Å².